The van der Waals surface area contributed by atoms with E-state index in [1.54, 1.807) is 0 Å². The maximum Gasteiger partial charge on any atom is 0.225 e. The van der Waals surface area contributed by atoms with Crippen LogP contribution in [0.15, 0.2) is 0 Å². The molecule has 0 aliphatic carbocycles. The lowest BCUT2D eigenvalue weighted by Gasteiger charge is -2.34. The van der Waals surface area contributed by atoms with Gasteiger partial charge < -0.3 is 4.90 Å². The summed E-state index contributed by atoms with van der Waals surface area (Å²) in [5.41, 5.74) is 0. The molecule has 0 saturated carbocycles. The predicted molar refractivity (Wildman–Crippen MR) is 53.5 cm³/mol. The highest BCUT2D eigenvalue weighted by Gasteiger charge is 2.22. The molecule has 1 aliphatic rings. The van der Waals surface area contributed by atoms with Gasteiger partial charge in [-0.3, -0.25) is 9.69 Å². The van der Waals surface area contributed by atoms with Crippen molar-refractivity contribution in [3.63, 3.8) is 0 Å². The van der Waals surface area contributed by atoms with Crippen molar-refractivity contribution in [1.82, 2.24) is 9.80 Å². The first-order valence-electron chi connectivity index (χ1n) is 5.03. The number of carbonyl (C=O) groups is 1. The minimum atomic E-state index is 0.0810. The van der Waals surface area contributed by atoms with E-state index in [9.17, 15) is 4.79 Å². The number of nitrogens with zero attached hydrogens (tertiary/aromatic N) is 3. The van der Waals surface area contributed by atoms with Gasteiger partial charge in [-0.2, -0.15) is 5.26 Å². The summed E-state index contributed by atoms with van der Waals surface area (Å²) in [7, 11) is 0. The molecule has 1 aliphatic heterocycles. The Bertz CT molecular complexity index is 236. The summed E-state index contributed by atoms with van der Waals surface area (Å²) in [4.78, 5) is 15.6. The van der Waals surface area contributed by atoms with Crippen LogP contribution in [0.2, 0.25) is 0 Å². The maximum absolute atomic E-state index is 11.6. The molecule has 14 heavy (non-hydrogen) atoms. The minimum absolute atomic E-state index is 0.0810. The van der Waals surface area contributed by atoms with E-state index in [1.807, 2.05) is 18.7 Å². The van der Waals surface area contributed by atoms with Crippen molar-refractivity contribution in [3.05, 3.63) is 0 Å². The lowest BCUT2D eigenvalue weighted by atomic mass is 10.1. The number of hydrogen-bond donors (Lipinski definition) is 0. The molecule has 0 N–H and O–H groups in total. The number of amides is 1. The molecule has 0 unspecified atom stereocenters. The van der Waals surface area contributed by atoms with Crippen LogP contribution in [0.1, 0.15) is 13.8 Å². The van der Waals surface area contributed by atoms with E-state index in [0.717, 1.165) is 26.2 Å². The first kappa shape index (κ1) is 11.0. The molecular formula is C10H17N3O. The Labute approximate surface area is 85.1 Å². The molecule has 0 aromatic heterocycles. The molecular weight excluding hydrogens is 178 g/mol. The van der Waals surface area contributed by atoms with Crippen LogP contribution in [0.5, 0.6) is 0 Å². The van der Waals surface area contributed by atoms with Crippen molar-refractivity contribution in [1.29, 1.82) is 5.26 Å². The Morgan fingerprint density at radius 3 is 2.36 bits per heavy atom. The van der Waals surface area contributed by atoms with Crippen LogP contribution in [-0.4, -0.2) is 48.4 Å². The van der Waals surface area contributed by atoms with Crippen molar-refractivity contribution in [3.8, 4) is 6.07 Å². The SMILES string of the molecule is CC(C)C(=O)N1CCN(CC#N)CC1. The molecule has 1 amide bonds. The zero-order valence-corrected chi connectivity index (χ0v) is 8.86. The van der Waals surface area contributed by atoms with E-state index in [0.29, 0.717) is 6.54 Å². The highest BCUT2D eigenvalue weighted by atomic mass is 16.2. The summed E-state index contributed by atoms with van der Waals surface area (Å²) in [6.07, 6.45) is 0. The molecule has 1 saturated heterocycles. The molecule has 0 spiro atoms. The van der Waals surface area contributed by atoms with Crippen LogP contribution < -0.4 is 0 Å². The van der Waals surface area contributed by atoms with E-state index in [1.165, 1.54) is 0 Å². The average Bonchev–Trinajstić information content (AvgIpc) is 2.18. The average molecular weight is 195 g/mol. The first-order valence-corrected chi connectivity index (χ1v) is 5.03. The Hall–Kier alpha value is -1.08. The van der Waals surface area contributed by atoms with E-state index in [2.05, 4.69) is 11.0 Å². The minimum Gasteiger partial charge on any atom is -0.340 e. The number of piperazine rings is 1. The smallest absolute Gasteiger partial charge is 0.225 e. The normalized spacial score (nSPS) is 18.3. The van der Waals surface area contributed by atoms with Crippen LogP contribution in [0, 0.1) is 17.2 Å². The molecule has 4 heteroatoms. The van der Waals surface area contributed by atoms with E-state index >= 15 is 0 Å². The predicted octanol–water partition coefficient (Wildman–Crippen LogP) is 0.310. The fourth-order valence-electron chi connectivity index (χ4n) is 1.59. The largest absolute Gasteiger partial charge is 0.340 e. The molecule has 78 valence electrons. The third-order valence-corrected chi connectivity index (χ3v) is 2.47. The number of hydrogen-bond acceptors (Lipinski definition) is 3. The van der Waals surface area contributed by atoms with Crippen molar-refractivity contribution < 1.29 is 4.79 Å². The Balaban J connectivity index is 2.36. The Morgan fingerprint density at radius 1 is 1.36 bits per heavy atom. The second-order valence-corrected chi connectivity index (χ2v) is 3.91. The molecule has 4 nitrogen and oxygen atoms in total. The summed E-state index contributed by atoms with van der Waals surface area (Å²) in [5, 5.41) is 8.51. The van der Waals surface area contributed by atoms with Crippen molar-refractivity contribution >= 4 is 5.91 Å². The molecule has 1 fully saturated rings. The van der Waals surface area contributed by atoms with E-state index < -0.39 is 0 Å². The van der Waals surface area contributed by atoms with Crippen molar-refractivity contribution in [2.45, 2.75) is 13.8 Å². The summed E-state index contributed by atoms with van der Waals surface area (Å²) in [6.45, 7) is 7.49. The lowest BCUT2D eigenvalue weighted by molar-refractivity contribution is -0.136. The standard InChI is InChI=1S/C10H17N3O/c1-9(2)10(14)13-7-5-12(4-3-11)6-8-13/h9H,4-8H2,1-2H3. The molecule has 0 bridgehead atoms. The van der Waals surface area contributed by atoms with Crippen LogP contribution in [0.25, 0.3) is 0 Å². The van der Waals surface area contributed by atoms with Crippen LogP contribution in [0.3, 0.4) is 0 Å². The van der Waals surface area contributed by atoms with E-state index in [4.69, 9.17) is 5.26 Å². The molecule has 0 aromatic rings. The topological polar surface area (TPSA) is 47.3 Å². The molecule has 1 rings (SSSR count). The van der Waals surface area contributed by atoms with Gasteiger partial charge >= 0.3 is 0 Å². The second-order valence-electron chi connectivity index (χ2n) is 3.91. The highest BCUT2D eigenvalue weighted by molar-refractivity contribution is 5.78. The zero-order valence-electron chi connectivity index (χ0n) is 8.86. The Morgan fingerprint density at radius 2 is 1.93 bits per heavy atom. The molecule has 1 heterocycles. The summed E-state index contributed by atoms with van der Waals surface area (Å²) < 4.78 is 0. The van der Waals surface area contributed by atoms with Crippen molar-refractivity contribution in [2.24, 2.45) is 5.92 Å². The third-order valence-electron chi connectivity index (χ3n) is 2.47. The van der Waals surface area contributed by atoms with Crippen LogP contribution >= 0.6 is 0 Å². The van der Waals surface area contributed by atoms with Gasteiger partial charge in [0.2, 0.25) is 5.91 Å². The van der Waals surface area contributed by atoms with Gasteiger partial charge in [0.15, 0.2) is 0 Å². The summed E-state index contributed by atoms with van der Waals surface area (Å²) in [5.74, 6) is 0.305. The lowest BCUT2D eigenvalue weighted by Crippen LogP contribution is -2.49. The summed E-state index contributed by atoms with van der Waals surface area (Å²) >= 11 is 0. The maximum atomic E-state index is 11.6. The molecule has 0 atom stereocenters. The first-order chi connectivity index (χ1) is 6.65. The number of nitriles is 1. The van der Waals surface area contributed by atoms with Gasteiger partial charge in [0.1, 0.15) is 0 Å². The van der Waals surface area contributed by atoms with Crippen LogP contribution in [0.4, 0.5) is 0 Å². The third kappa shape index (κ3) is 2.71. The number of rotatable bonds is 2. The monoisotopic (exact) mass is 195 g/mol. The fourth-order valence-corrected chi connectivity index (χ4v) is 1.59. The van der Waals surface area contributed by atoms with Gasteiger partial charge in [-0.25, -0.2) is 0 Å². The van der Waals surface area contributed by atoms with Gasteiger partial charge in [-0.05, 0) is 0 Å². The molecule has 0 radical (unpaired) electrons. The van der Waals surface area contributed by atoms with Gasteiger partial charge in [-0.15, -0.1) is 0 Å². The van der Waals surface area contributed by atoms with Gasteiger partial charge in [-0.1, -0.05) is 13.8 Å². The van der Waals surface area contributed by atoms with Crippen molar-refractivity contribution in [2.75, 3.05) is 32.7 Å². The van der Waals surface area contributed by atoms with Crippen LogP contribution in [-0.2, 0) is 4.79 Å². The van der Waals surface area contributed by atoms with Gasteiger partial charge in [0, 0.05) is 32.1 Å². The quantitative estimate of drug-likeness (QED) is 0.596. The highest BCUT2D eigenvalue weighted by Crippen LogP contribution is 2.06. The zero-order chi connectivity index (χ0) is 10.6. The second kappa shape index (κ2) is 4.97. The van der Waals surface area contributed by atoms with Gasteiger partial charge in [0.05, 0.1) is 12.6 Å². The fraction of sp³-hybridized carbons (Fsp3) is 0.800. The van der Waals surface area contributed by atoms with Gasteiger partial charge in [0.25, 0.3) is 0 Å². The number of carbonyl (C=O) groups excluding carboxylic acids is 1. The van der Waals surface area contributed by atoms with E-state index in [-0.39, 0.29) is 11.8 Å². The summed E-state index contributed by atoms with van der Waals surface area (Å²) in [6, 6.07) is 2.13. The Kier molecular flexibility index (Phi) is 3.90. The molecule has 0 aromatic carbocycles.